The van der Waals surface area contributed by atoms with Gasteiger partial charge in [-0.3, -0.25) is 0 Å². The van der Waals surface area contributed by atoms with E-state index >= 15 is 0 Å². The van der Waals surface area contributed by atoms with E-state index in [1.807, 2.05) is 20.8 Å². The standard InChI is InChI=1S/C9H20NO3Si/c1-5-11-8(4,12-6-2)9(10,14)13-7-3/h5-7,10H2,1-4H3. The molecule has 0 bridgehead atoms. The number of ether oxygens (including phenoxy) is 3. The second-order valence-corrected chi connectivity index (χ2v) is 3.72. The highest BCUT2D eigenvalue weighted by Crippen LogP contribution is 2.24. The molecule has 2 N–H and O–H groups in total. The van der Waals surface area contributed by atoms with Gasteiger partial charge >= 0.3 is 0 Å². The van der Waals surface area contributed by atoms with Crippen LogP contribution in [0.5, 0.6) is 0 Å². The Bertz CT molecular complexity index is 158. The molecule has 0 saturated carbocycles. The number of hydrogen-bond acceptors (Lipinski definition) is 4. The van der Waals surface area contributed by atoms with E-state index in [1.54, 1.807) is 6.92 Å². The van der Waals surface area contributed by atoms with Gasteiger partial charge in [0.05, 0.1) is 0 Å². The van der Waals surface area contributed by atoms with Gasteiger partial charge in [-0.15, -0.1) is 0 Å². The summed E-state index contributed by atoms with van der Waals surface area (Å²) in [5.74, 6) is -0.983. The molecule has 0 aromatic carbocycles. The van der Waals surface area contributed by atoms with Crippen LogP contribution in [0.1, 0.15) is 27.7 Å². The first kappa shape index (κ1) is 14.1. The largest absolute Gasteiger partial charge is 0.360 e. The first-order chi connectivity index (χ1) is 6.43. The summed E-state index contributed by atoms with van der Waals surface area (Å²) in [4.78, 5) is 0. The van der Waals surface area contributed by atoms with Crippen LogP contribution in [-0.2, 0) is 14.2 Å². The van der Waals surface area contributed by atoms with Gasteiger partial charge in [0.25, 0.3) is 0 Å². The second kappa shape index (κ2) is 5.82. The fourth-order valence-electron chi connectivity index (χ4n) is 1.17. The third-order valence-electron chi connectivity index (χ3n) is 1.89. The highest BCUT2D eigenvalue weighted by molar-refractivity contribution is 6.14. The summed E-state index contributed by atoms with van der Waals surface area (Å²) in [5.41, 5.74) is 5.92. The topological polar surface area (TPSA) is 53.7 Å². The molecule has 1 atom stereocenters. The fourth-order valence-corrected chi connectivity index (χ4v) is 1.45. The van der Waals surface area contributed by atoms with E-state index in [0.29, 0.717) is 19.8 Å². The predicted octanol–water partition coefficient (Wildman–Crippen LogP) is 0.593. The Kier molecular flexibility index (Phi) is 5.85. The molecule has 0 aliphatic carbocycles. The van der Waals surface area contributed by atoms with Gasteiger partial charge in [-0.2, -0.15) is 0 Å². The lowest BCUT2D eigenvalue weighted by molar-refractivity contribution is -0.292. The van der Waals surface area contributed by atoms with E-state index in [2.05, 4.69) is 10.2 Å². The SMILES string of the molecule is CCOC(N)([Si])C(C)(OCC)OCC. The van der Waals surface area contributed by atoms with Gasteiger partial charge in [0.1, 0.15) is 15.6 Å². The smallest absolute Gasteiger partial charge is 0.203 e. The summed E-state index contributed by atoms with van der Waals surface area (Å²) in [5, 5.41) is -1.13. The Morgan fingerprint density at radius 3 is 1.64 bits per heavy atom. The number of nitrogens with two attached hydrogens (primary N) is 1. The highest BCUT2D eigenvalue weighted by atomic mass is 28.1. The van der Waals surface area contributed by atoms with Crippen LogP contribution < -0.4 is 5.73 Å². The molecule has 3 radical (unpaired) electrons. The highest BCUT2D eigenvalue weighted by Gasteiger charge is 2.44. The van der Waals surface area contributed by atoms with Crippen LogP contribution in [0.3, 0.4) is 0 Å². The number of hydrogen-bond donors (Lipinski definition) is 1. The molecule has 5 heteroatoms. The van der Waals surface area contributed by atoms with Gasteiger partial charge in [-0.05, 0) is 27.7 Å². The first-order valence-corrected chi connectivity index (χ1v) is 5.39. The molecule has 0 aliphatic heterocycles. The zero-order valence-electron chi connectivity index (χ0n) is 9.42. The maximum Gasteiger partial charge on any atom is 0.203 e. The molecule has 4 nitrogen and oxygen atoms in total. The van der Waals surface area contributed by atoms with E-state index in [9.17, 15) is 0 Å². The maximum atomic E-state index is 5.92. The number of rotatable bonds is 7. The molecule has 0 heterocycles. The minimum absolute atomic E-state index is 0.482. The molecule has 0 aliphatic rings. The summed E-state index contributed by atoms with van der Waals surface area (Å²) in [6, 6.07) is 0. The van der Waals surface area contributed by atoms with E-state index in [1.165, 1.54) is 0 Å². The lowest BCUT2D eigenvalue weighted by atomic mass is 10.2. The van der Waals surface area contributed by atoms with Gasteiger partial charge in [-0.25, -0.2) is 0 Å². The molecule has 83 valence electrons. The predicted molar refractivity (Wildman–Crippen MR) is 56.0 cm³/mol. The van der Waals surface area contributed by atoms with Gasteiger partial charge in [-0.1, -0.05) is 0 Å². The van der Waals surface area contributed by atoms with Gasteiger partial charge in [0.2, 0.25) is 5.79 Å². The van der Waals surface area contributed by atoms with Gasteiger partial charge < -0.3 is 19.9 Å². The molecule has 0 aromatic heterocycles. The monoisotopic (exact) mass is 218 g/mol. The lowest BCUT2D eigenvalue weighted by Crippen LogP contribution is -2.64. The summed E-state index contributed by atoms with van der Waals surface area (Å²) in [6.07, 6.45) is 0. The van der Waals surface area contributed by atoms with Crippen LogP contribution in [0.15, 0.2) is 0 Å². The van der Waals surface area contributed by atoms with Crippen molar-refractivity contribution in [2.75, 3.05) is 19.8 Å². The molecular formula is C9H20NO3Si. The Hall–Kier alpha value is 0.0569. The minimum Gasteiger partial charge on any atom is -0.360 e. The van der Waals surface area contributed by atoms with E-state index in [4.69, 9.17) is 19.9 Å². The summed E-state index contributed by atoms with van der Waals surface area (Å²) < 4.78 is 16.3. The third-order valence-corrected chi connectivity index (χ3v) is 2.48. The van der Waals surface area contributed by atoms with Crippen molar-refractivity contribution < 1.29 is 14.2 Å². The molecule has 14 heavy (non-hydrogen) atoms. The average Bonchev–Trinajstić information content (AvgIpc) is 2.04. The van der Waals surface area contributed by atoms with Crippen LogP contribution in [0.2, 0.25) is 0 Å². The Balaban J connectivity index is 4.59. The second-order valence-electron chi connectivity index (χ2n) is 2.98. The Labute approximate surface area is 89.5 Å². The fraction of sp³-hybridized carbons (Fsp3) is 1.00. The first-order valence-electron chi connectivity index (χ1n) is 4.89. The van der Waals surface area contributed by atoms with Crippen molar-refractivity contribution in [3.63, 3.8) is 0 Å². The molecule has 0 amide bonds. The van der Waals surface area contributed by atoms with Crippen LogP contribution in [0.4, 0.5) is 0 Å². The van der Waals surface area contributed by atoms with Crippen molar-refractivity contribution >= 4 is 10.2 Å². The van der Waals surface area contributed by atoms with E-state index < -0.39 is 11.1 Å². The lowest BCUT2D eigenvalue weighted by Gasteiger charge is -2.42. The van der Waals surface area contributed by atoms with E-state index in [0.717, 1.165) is 0 Å². The van der Waals surface area contributed by atoms with Crippen molar-refractivity contribution in [2.45, 2.75) is 38.8 Å². The molecule has 0 spiro atoms. The molecule has 1 unspecified atom stereocenters. The quantitative estimate of drug-likeness (QED) is 0.502. The van der Waals surface area contributed by atoms with Crippen LogP contribution in [0.25, 0.3) is 0 Å². The maximum absolute atomic E-state index is 5.92. The minimum atomic E-state index is -1.13. The Morgan fingerprint density at radius 2 is 1.36 bits per heavy atom. The average molecular weight is 218 g/mol. The van der Waals surface area contributed by atoms with Crippen LogP contribution in [0, 0.1) is 0 Å². The molecular weight excluding hydrogens is 198 g/mol. The summed E-state index contributed by atoms with van der Waals surface area (Å²) >= 11 is 0. The summed E-state index contributed by atoms with van der Waals surface area (Å²) in [7, 11) is 3.33. The van der Waals surface area contributed by atoms with Gasteiger partial charge in [0.15, 0.2) is 0 Å². The molecule has 0 aromatic rings. The van der Waals surface area contributed by atoms with Crippen molar-refractivity contribution in [1.82, 2.24) is 0 Å². The molecule has 0 fully saturated rings. The van der Waals surface area contributed by atoms with Crippen LogP contribution >= 0.6 is 0 Å². The van der Waals surface area contributed by atoms with Crippen LogP contribution in [-0.4, -0.2) is 41.2 Å². The van der Waals surface area contributed by atoms with Crippen molar-refractivity contribution in [3.8, 4) is 0 Å². The van der Waals surface area contributed by atoms with E-state index in [-0.39, 0.29) is 0 Å². The van der Waals surface area contributed by atoms with Crippen molar-refractivity contribution in [1.29, 1.82) is 0 Å². The van der Waals surface area contributed by atoms with Crippen molar-refractivity contribution in [2.24, 2.45) is 5.73 Å². The molecule has 0 rings (SSSR count). The Morgan fingerprint density at radius 1 is 1.00 bits per heavy atom. The third kappa shape index (κ3) is 3.32. The summed E-state index contributed by atoms with van der Waals surface area (Å²) in [6.45, 7) is 8.87. The molecule has 0 saturated heterocycles. The van der Waals surface area contributed by atoms with Gasteiger partial charge in [0, 0.05) is 19.8 Å². The zero-order chi connectivity index (χ0) is 11.2. The zero-order valence-corrected chi connectivity index (χ0v) is 10.4. The normalized spacial score (nSPS) is 16.7. The van der Waals surface area contributed by atoms with Crippen molar-refractivity contribution in [3.05, 3.63) is 0 Å².